The van der Waals surface area contributed by atoms with E-state index in [1.54, 1.807) is 30.3 Å². The minimum Gasteiger partial charge on any atom is -0.266 e. The van der Waals surface area contributed by atoms with E-state index in [2.05, 4.69) is 25.8 Å². The van der Waals surface area contributed by atoms with Crippen molar-refractivity contribution in [2.24, 2.45) is 4.40 Å². The highest BCUT2D eigenvalue weighted by Gasteiger charge is 2.36. The fourth-order valence-corrected chi connectivity index (χ4v) is 5.81. The number of amides is 1. The van der Waals surface area contributed by atoms with Gasteiger partial charge in [0.15, 0.2) is 5.84 Å². The summed E-state index contributed by atoms with van der Waals surface area (Å²) in [5.41, 5.74) is 2.66. The lowest BCUT2D eigenvalue weighted by molar-refractivity contribution is 0.0837. The van der Waals surface area contributed by atoms with Crippen molar-refractivity contribution in [1.29, 1.82) is 0 Å². The van der Waals surface area contributed by atoms with Crippen molar-refractivity contribution < 1.29 is 21.6 Å². The fraction of sp³-hybridized carbons (Fsp3) is 0. The van der Waals surface area contributed by atoms with Gasteiger partial charge in [-0.3, -0.25) is 10.2 Å². The van der Waals surface area contributed by atoms with Gasteiger partial charge < -0.3 is 0 Å². The second kappa shape index (κ2) is 7.91. The van der Waals surface area contributed by atoms with Crippen molar-refractivity contribution in [2.45, 2.75) is 9.79 Å². The zero-order chi connectivity index (χ0) is 22.2. The average Bonchev–Trinajstić information content (AvgIpc) is 3.02. The Morgan fingerprint density at radius 2 is 1.52 bits per heavy atom. The first-order chi connectivity index (χ1) is 14.7. The summed E-state index contributed by atoms with van der Waals surface area (Å²) in [6, 6.07) is 19.6. The number of amidine groups is 1. The van der Waals surface area contributed by atoms with Gasteiger partial charge in [0, 0.05) is 10.0 Å². The maximum atomic E-state index is 13.3. The molecule has 0 bridgehead atoms. The van der Waals surface area contributed by atoms with Crippen LogP contribution >= 0.6 is 15.9 Å². The van der Waals surface area contributed by atoms with Gasteiger partial charge in [-0.15, -0.1) is 8.81 Å². The Kier molecular flexibility index (Phi) is 5.42. The van der Waals surface area contributed by atoms with Crippen molar-refractivity contribution in [3.05, 3.63) is 94.5 Å². The summed E-state index contributed by atoms with van der Waals surface area (Å²) in [5, 5.41) is 0. The maximum Gasteiger partial charge on any atom is 0.288 e. The lowest BCUT2D eigenvalue weighted by atomic mass is 10.2. The molecule has 0 unspecified atom stereocenters. The van der Waals surface area contributed by atoms with Gasteiger partial charge in [0.2, 0.25) is 0 Å². The molecule has 0 atom stereocenters. The van der Waals surface area contributed by atoms with Gasteiger partial charge in [0.05, 0.1) is 10.5 Å². The lowest BCUT2D eigenvalue weighted by Gasteiger charge is -2.24. The molecule has 0 spiro atoms. The molecule has 1 aliphatic heterocycles. The summed E-state index contributed by atoms with van der Waals surface area (Å²) < 4.78 is 55.8. The summed E-state index contributed by atoms with van der Waals surface area (Å²) in [7, 11) is -8.44. The minimum atomic E-state index is -4.42. The molecule has 0 fully saturated rings. The van der Waals surface area contributed by atoms with Gasteiger partial charge in [0.25, 0.3) is 26.0 Å². The lowest BCUT2D eigenvalue weighted by Crippen LogP contribution is -2.49. The second-order valence-electron chi connectivity index (χ2n) is 6.39. The van der Waals surface area contributed by atoms with Crippen molar-refractivity contribution in [1.82, 2.24) is 9.84 Å². The monoisotopic (exact) mass is 519 g/mol. The van der Waals surface area contributed by atoms with Crippen LogP contribution in [0.1, 0.15) is 15.9 Å². The Balaban J connectivity index is 1.85. The quantitative estimate of drug-likeness (QED) is 0.532. The van der Waals surface area contributed by atoms with Gasteiger partial charge >= 0.3 is 0 Å². The van der Waals surface area contributed by atoms with E-state index in [4.69, 9.17) is 0 Å². The number of hydrogen-bond donors (Lipinski definition) is 1. The fourth-order valence-electron chi connectivity index (χ4n) is 2.94. The molecular formula is C20H14BrN3O5S2. The number of hydrazine groups is 1. The number of rotatable bonds is 3. The number of nitrogens with zero attached hydrogens (tertiary/aromatic N) is 2. The molecule has 0 saturated carbocycles. The van der Waals surface area contributed by atoms with E-state index in [9.17, 15) is 21.6 Å². The Labute approximate surface area is 187 Å². The molecule has 1 N–H and O–H groups in total. The maximum absolute atomic E-state index is 13.3. The summed E-state index contributed by atoms with van der Waals surface area (Å²) >= 11 is 3.25. The van der Waals surface area contributed by atoms with Crippen molar-refractivity contribution >= 4 is 47.7 Å². The van der Waals surface area contributed by atoms with Gasteiger partial charge in [0.1, 0.15) is 4.90 Å². The third-order valence-electron chi connectivity index (χ3n) is 4.41. The molecular weight excluding hydrogens is 506 g/mol. The predicted octanol–water partition coefficient (Wildman–Crippen LogP) is 2.93. The van der Waals surface area contributed by atoms with Gasteiger partial charge in [-0.1, -0.05) is 42.5 Å². The van der Waals surface area contributed by atoms with E-state index < -0.39 is 26.0 Å². The van der Waals surface area contributed by atoms with Crippen LogP contribution in [0.3, 0.4) is 0 Å². The topological polar surface area (TPSA) is 113 Å². The minimum absolute atomic E-state index is 0.0595. The summed E-state index contributed by atoms with van der Waals surface area (Å²) in [4.78, 5) is 13.1. The number of sulfonamides is 2. The zero-order valence-electron chi connectivity index (χ0n) is 15.6. The van der Waals surface area contributed by atoms with Gasteiger partial charge in [-0.2, -0.15) is 16.8 Å². The van der Waals surface area contributed by atoms with Crippen LogP contribution in [-0.2, 0) is 20.0 Å². The molecule has 8 nitrogen and oxygen atoms in total. The van der Waals surface area contributed by atoms with Crippen LogP contribution in [0.4, 0.5) is 0 Å². The first-order valence-corrected chi connectivity index (χ1v) is 12.5. The van der Waals surface area contributed by atoms with E-state index >= 15 is 0 Å². The Bertz CT molecular complexity index is 1420. The highest BCUT2D eigenvalue weighted by molar-refractivity contribution is 9.10. The Morgan fingerprint density at radius 3 is 2.23 bits per heavy atom. The van der Waals surface area contributed by atoms with Crippen LogP contribution in [0, 0.1) is 0 Å². The number of halogens is 1. The third kappa shape index (κ3) is 3.87. The number of carbonyl (C=O) groups excluding carboxylic acids is 1. The molecule has 3 aromatic carbocycles. The van der Waals surface area contributed by atoms with E-state index in [0.29, 0.717) is 8.89 Å². The van der Waals surface area contributed by atoms with E-state index in [0.717, 1.165) is 0 Å². The molecule has 1 aliphatic rings. The highest BCUT2D eigenvalue weighted by Crippen LogP contribution is 2.27. The summed E-state index contributed by atoms with van der Waals surface area (Å²) in [6.07, 6.45) is 0. The first-order valence-electron chi connectivity index (χ1n) is 8.82. The predicted molar refractivity (Wildman–Crippen MR) is 117 cm³/mol. The van der Waals surface area contributed by atoms with Crippen LogP contribution in [-0.4, -0.2) is 33.0 Å². The molecule has 0 aliphatic carbocycles. The number of benzene rings is 3. The van der Waals surface area contributed by atoms with E-state index in [-0.39, 0.29) is 26.8 Å². The van der Waals surface area contributed by atoms with Crippen LogP contribution < -0.4 is 5.43 Å². The largest absolute Gasteiger partial charge is 0.288 e. The van der Waals surface area contributed by atoms with Crippen LogP contribution in [0.5, 0.6) is 0 Å². The number of nitrogens with one attached hydrogen (secondary N) is 1. The Morgan fingerprint density at radius 1 is 0.903 bits per heavy atom. The van der Waals surface area contributed by atoms with E-state index in [1.807, 2.05) is 0 Å². The van der Waals surface area contributed by atoms with Crippen LogP contribution in [0.2, 0.25) is 0 Å². The second-order valence-corrected chi connectivity index (χ2v) is 10.6. The van der Waals surface area contributed by atoms with Crippen LogP contribution in [0.25, 0.3) is 0 Å². The molecule has 1 amide bonds. The SMILES string of the molecule is O=C(c1ccccc1Br)N(NC1=NS(=O)(=O)c2ccccc21)S(=O)(=O)c1ccccc1. The number of carbonyl (C=O) groups is 1. The molecule has 1 heterocycles. The third-order valence-corrected chi connectivity index (χ3v) is 8.04. The van der Waals surface area contributed by atoms with Crippen molar-refractivity contribution in [2.75, 3.05) is 0 Å². The molecule has 3 aromatic rings. The summed E-state index contributed by atoms with van der Waals surface area (Å²) in [6.45, 7) is 0. The van der Waals surface area contributed by atoms with Crippen molar-refractivity contribution in [3.8, 4) is 0 Å². The molecule has 0 radical (unpaired) electrons. The van der Waals surface area contributed by atoms with Gasteiger partial charge in [-0.25, -0.2) is 0 Å². The Hall–Kier alpha value is -3.02. The number of hydrogen-bond acceptors (Lipinski definition) is 6. The van der Waals surface area contributed by atoms with Crippen LogP contribution in [0.15, 0.2) is 97.5 Å². The molecule has 158 valence electrons. The highest BCUT2D eigenvalue weighted by atomic mass is 79.9. The molecule has 4 rings (SSSR count). The molecule has 0 aromatic heterocycles. The van der Waals surface area contributed by atoms with E-state index in [1.165, 1.54) is 48.5 Å². The van der Waals surface area contributed by atoms with Gasteiger partial charge in [-0.05, 0) is 52.3 Å². The average molecular weight is 520 g/mol. The normalized spacial score (nSPS) is 14.4. The van der Waals surface area contributed by atoms with Crippen molar-refractivity contribution in [3.63, 3.8) is 0 Å². The summed E-state index contributed by atoms with van der Waals surface area (Å²) in [5.74, 6) is -1.18. The molecule has 31 heavy (non-hydrogen) atoms. The molecule has 11 heteroatoms. The number of fused-ring (bicyclic) bond motifs is 1. The standard InChI is InChI=1S/C20H14BrN3O5S2/c21-17-12-6-4-10-15(17)20(25)24(31(28,29)14-8-2-1-3-9-14)22-19-16-11-5-7-13-18(16)30(26,27)23-19/h1-13H,(H,22,23). The smallest absolute Gasteiger partial charge is 0.266 e. The zero-order valence-corrected chi connectivity index (χ0v) is 18.9. The first kappa shape index (κ1) is 21.2. The molecule has 0 saturated heterocycles.